The van der Waals surface area contributed by atoms with Crippen molar-refractivity contribution in [2.75, 3.05) is 5.32 Å². The van der Waals surface area contributed by atoms with Crippen LogP contribution in [-0.2, 0) is 17.6 Å². The standard InChI is InChI=1S/C11H15NO/c1-3-9-5-6-11(12-8-13)7-10(9)4-2/h5-8H,3-4H2,1-2H3,(H,12,13). The average Bonchev–Trinajstić information content (AvgIpc) is 2.18. The first-order chi connectivity index (χ1) is 6.31. The summed E-state index contributed by atoms with van der Waals surface area (Å²) >= 11 is 0. The summed E-state index contributed by atoms with van der Waals surface area (Å²) < 4.78 is 0. The van der Waals surface area contributed by atoms with E-state index in [1.165, 1.54) is 11.1 Å². The second-order valence-corrected chi connectivity index (χ2v) is 2.95. The Balaban J connectivity index is 2.98. The normalized spacial score (nSPS) is 9.69. The first-order valence-corrected chi connectivity index (χ1v) is 4.63. The molecule has 13 heavy (non-hydrogen) atoms. The molecule has 0 bridgehead atoms. The molecular weight excluding hydrogens is 162 g/mol. The number of rotatable bonds is 4. The Hall–Kier alpha value is -1.31. The van der Waals surface area contributed by atoms with Gasteiger partial charge in [-0.15, -0.1) is 0 Å². The first-order valence-electron chi connectivity index (χ1n) is 4.63. The Kier molecular flexibility index (Phi) is 3.50. The fourth-order valence-corrected chi connectivity index (χ4v) is 1.46. The van der Waals surface area contributed by atoms with E-state index >= 15 is 0 Å². The number of hydrogen-bond acceptors (Lipinski definition) is 1. The molecule has 0 radical (unpaired) electrons. The summed E-state index contributed by atoms with van der Waals surface area (Å²) in [6, 6.07) is 6.05. The Morgan fingerprint density at radius 2 is 1.92 bits per heavy atom. The summed E-state index contributed by atoms with van der Waals surface area (Å²) in [4.78, 5) is 10.2. The van der Waals surface area contributed by atoms with Gasteiger partial charge in [0.15, 0.2) is 0 Å². The summed E-state index contributed by atoms with van der Waals surface area (Å²) in [5, 5.41) is 2.65. The molecule has 2 heteroatoms. The van der Waals surface area contributed by atoms with E-state index in [4.69, 9.17) is 0 Å². The van der Waals surface area contributed by atoms with Crippen molar-refractivity contribution in [2.45, 2.75) is 26.7 Å². The van der Waals surface area contributed by atoms with Crippen LogP contribution in [0.1, 0.15) is 25.0 Å². The molecule has 1 amide bonds. The van der Waals surface area contributed by atoms with Crippen molar-refractivity contribution in [1.82, 2.24) is 0 Å². The Morgan fingerprint density at radius 3 is 2.46 bits per heavy atom. The molecule has 70 valence electrons. The lowest BCUT2D eigenvalue weighted by Crippen LogP contribution is -1.97. The second kappa shape index (κ2) is 4.65. The molecule has 1 aromatic rings. The van der Waals surface area contributed by atoms with E-state index < -0.39 is 0 Å². The summed E-state index contributed by atoms with van der Waals surface area (Å²) in [6.45, 7) is 4.26. The predicted octanol–water partition coefficient (Wildman–Crippen LogP) is 2.38. The van der Waals surface area contributed by atoms with E-state index in [0.717, 1.165) is 18.5 Å². The number of carbonyl (C=O) groups is 1. The van der Waals surface area contributed by atoms with Gasteiger partial charge in [-0.2, -0.15) is 0 Å². The molecule has 0 saturated carbocycles. The highest BCUT2D eigenvalue weighted by atomic mass is 16.1. The van der Waals surface area contributed by atoms with Gasteiger partial charge in [0.1, 0.15) is 0 Å². The van der Waals surface area contributed by atoms with Crippen LogP contribution in [0.2, 0.25) is 0 Å². The van der Waals surface area contributed by atoms with E-state index in [-0.39, 0.29) is 0 Å². The molecule has 0 atom stereocenters. The van der Waals surface area contributed by atoms with Gasteiger partial charge in [-0.25, -0.2) is 0 Å². The van der Waals surface area contributed by atoms with E-state index in [2.05, 4.69) is 25.2 Å². The van der Waals surface area contributed by atoms with Gasteiger partial charge < -0.3 is 5.32 Å². The minimum Gasteiger partial charge on any atom is -0.329 e. The van der Waals surface area contributed by atoms with Crippen LogP contribution < -0.4 is 5.32 Å². The Morgan fingerprint density at radius 1 is 1.23 bits per heavy atom. The average molecular weight is 177 g/mol. The van der Waals surface area contributed by atoms with Crippen molar-refractivity contribution in [1.29, 1.82) is 0 Å². The fourth-order valence-electron chi connectivity index (χ4n) is 1.46. The topological polar surface area (TPSA) is 29.1 Å². The van der Waals surface area contributed by atoms with Crippen molar-refractivity contribution in [3.8, 4) is 0 Å². The Bertz CT molecular complexity index is 294. The van der Waals surface area contributed by atoms with E-state index in [9.17, 15) is 4.79 Å². The van der Waals surface area contributed by atoms with Crippen LogP contribution in [0.25, 0.3) is 0 Å². The Labute approximate surface area is 79.0 Å². The minimum atomic E-state index is 0.709. The van der Waals surface area contributed by atoms with Crippen molar-refractivity contribution >= 4 is 12.1 Å². The minimum absolute atomic E-state index is 0.709. The SMILES string of the molecule is CCc1ccc(NC=O)cc1CC. The van der Waals surface area contributed by atoms with Gasteiger partial charge in [-0.05, 0) is 36.1 Å². The third-order valence-electron chi connectivity index (χ3n) is 2.19. The van der Waals surface area contributed by atoms with E-state index in [0.29, 0.717) is 6.41 Å². The molecule has 0 heterocycles. The molecule has 0 aliphatic rings. The van der Waals surface area contributed by atoms with Gasteiger partial charge in [0, 0.05) is 5.69 Å². The number of hydrogen-bond donors (Lipinski definition) is 1. The predicted molar refractivity (Wildman–Crippen MR) is 54.9 cm³/mol. The number of nitrogens with one attached hydrogen (secondary N) is 1. The van der Waals surface area contributed by atoms with Crippen LogP contribution in [0.5, 0.6) is 0 Å². The molecule has 1 N–H and O–H groups in total. The summed E-state index contributed by atoms with van der Waals surface area (Å²) in [7, 11) is 0. The molecule has 0 unspecified atom stereocenters. The highest BCUT2D eigenvalue weighted by Crippen LogP contribution is 2.16. The lowest BCUT2D eigenvalue weighted by atomic mass is 10.0. The van der Waals surface area contributed by atoms with Gasteiger partial charge in [0.25, 0.3) is 0 Å². The molecule has 0 spiro atoms. The van der Waals surface area contributed by atoms with Crippen molar-refractivity contribution in [3.05, 3.63) is 29.3 Å². The van der Waals surface area contributed by atoms with Gasteiger partial charge >= 0.3 is 0 Å². The monoisotopic (exact) mass is 177 g/mol. The zero-order chi connectivity index (χ0) is 9.68. The number of amides is 1. The van der Waals surface area contributed by atoms with E-state index in [1.54, 1.807) is 0 Å². The second-order valence-electron chi connectivity index (χ2n) is 2.95. The number of carbonyl (C=O) groups excluding carboxylic acids is 1. The molecule has 2 nitrogen and oxygen atoms in total. The largest absolute Gasteiger partial charge is 0.329 e. The van der Waals surface area contributed by atoms with Crippen molar-refractivity contribution in [2.24, 2.45) is 0 Å². The maximum atomic E-state index is 10.2. The molecule has 0 saturated heterocycles. The van der Waals surface area contributed by atoms with Gasteiger partial charge in [-0.1, -0.05) is 19.9 Å². The summed E-state index contributed by atoms with van der Waals surface area (Å²) in [5.74, 6) is 0. The van der Waals surface area contributed by atoms with E-state index in [1.807, 2.05) is 12.1 Å². The van der Waals surface area contributed by atoms with Crippen molar-refractivity contribution in [3.63, 3.8) is 0 Å². The van der Waals surface area contributed by atoms with Crippen LogP contribution >= 0.6 is 0 Å². The zero-order valence-electron chi connectivity index (χ0n) is 8.13. The van der Waals surface area contributed by atoms with Gasteiger partial charge in [-0.3, -0.25) is 4.79 Å². The molecule has 1 aromatic carbocycles. The summed E-state index contributed by atoms with van der Waals surface area (Å²) in [5.41, 5.74) is 3.55. The van der Waals surface area contributed by atoms with Crippen LogP contribution in [0.4, 0.5) is 5.69 Å². The van der Waals surface area contributed by atoms with Gasteiger partial charge in [0.2, 0.25) is 6.41 Å². The number of aryl methyl sites for hydroxylation is 2. The van der Waals surface area contributed by atoms with Crippen LogP contribution in [0, 0.1) is 0 Å². The molecule has 0 aliphatic carbocycles. The summed E-state index contributed by atoms with van der Waals surface area (Å²) in [6.07, 6.45) is 2.77. The quantitative estimate of drug-likeness (QED) is 0.703. The molecular formula is C11H15NO. The van der Waals surface area contributed by atoms with Crippen LogP contribution in [-0.4, -0.2) is 6.41 Å². The van der Waals surface area contributed by atoms with Crippen LogP contribution in [0.3, 0.4) is 0 Å². The zero-order valence-corrected chi connectivity index (χ0v) is 8.13. The third kappa shape index (κ3) is 2.31. The first kappa shape index (κ1) is 9.78. The number of anilines is 1. The van der Waals surface area contributed by atoms with Crippen LogP contribution in [0.15, 0.2) is 18.2 Å². The molecule has 0 aromatic heterocycles. The molecule has 1 rings (SSSR count). The molecule has 0 fully saturated rings. The maximum absolute atomic E-state index is 10.2. The molecule has 0 aliphatic heterocycles. The lowest BCUT2D eigenvalue weighted by Gasteiger charge is -2.07. The maximum Gasteiger partial charge on any atom is 0.211 e. The van der Waals surface area contributed by atoms with Gasteiger partial charge in [0.05, 0.1) is 0 Å². The fraction of sp³-hybridized carbons (Fsp3) is 0.364. The smallest absolute Gasteiger partial charge is 0.211 e. The highest BCUT2D eigenvalue weighted by molar-refractivity contribution is 5.71. The highest BCUT2D eigenvalue weighted by Gasteiger charge is 1.99. The number of benzene rings is 1. The van der Waals surface area contributed by atoms with Crippen molar-refractivity contribution < 1.29 is 4.79 Å². The lowest BCUT2D eigenvalue weighted by molar-refractivity contribution is -0.105. The third-order valence-corrected chi connectivity index (χ3v) is 2.19.